The highest BCUT2D eigenvalue weighted by atomic mass is 32.1. The van der Waals surface area contributed by atoms with Crippen LogP contribution in [0, 0.1) is 20.8 Å². The van der Waals surface area contributed by atoms with Crippen LogP contribution in [0.25, 0.3) is 10.2 Å². The van der Waals surface area contributed by atoms with E-state index in [0.29, 0.717) is 5.39 Å². The van der Waals surface area contributed by atoms with E-state index in [1.54, 1.807) is 6.92 Å². The number of aromatic nitrogens is 2. The van der Waals surface area contributed by atoms with E-state index < -0.39 is 6.04 Å². The second kappa shape index (κ2) is 6.20. The van der Waals surface area contributed by atoms with E-state index in [1.165, 1.54) is 22.2 Å². The molecule has 6 heteroatoms. The predicted octanol–water partition coefficient (Wildman–Crippen LogP) is 3.58. The van der Waals surface area contributed by atoms with Crippen LogP contribution in [-0.2, 0) is 4.79 Å². The third-order valence-corrected chi connectivity index (χ3v) is 5.43. The Kier molecular flexibility index (Phi) is 4.24. The van der Waals surface area contributed by atoms with Crippen LogP contribution >= 0.6 is 11.3 Å². The summed E-state index contributed by atoms with van der Waals surface area (Å²) in [5.74, 6) is -0.239. The van der Waals surface area contributed by atoms with Gasteiger partial charge in [0.25, 0.3) is 5.56 Å². The summed E-state index contributed by atoms with van der Waals surface area (Å²) in [5, 5.41) is 3.49. The third kappa shape index (κ3) is 2.73. The molecule has 0 fully saturated rings. The lowest BCUT2D eigenvalue weighted by Gasteiger charge is -2.16. The molecule has 0 saturated carbocycles. The molecule has 24 heavy (non-hydrogen) atoms. The van der Waals surface area contributed by atoms with Crippen LogP contribution in [0.5, 0.6) is 0 Å². The molecule has 0 aliphatic rings. The van der Waals surface area contributed by atoms with Gasteiger partial charge in [0.1, 0.15) is 10.9 Å². The Labute approximate surface area is 144 Å². The summed E-state index contributed by atoms with van der Waals surface area (Å²) in [7, 11) is 0. The van der Waals surface area contributed by atoms with Crippen molar-refractivity contribution in [1.82, 2.24) is 9.55 Å². The monoisotopic (exact) mass is 341 g/mol. The third-order valence-electron chi connectivity index (χ3n) is 4.31. The van der Waals surface area contributed by atoms with Gasteiger partial charge in [-0.2, -0.15) is 0 Å². The molecule has 1 N–H and O–H groups in total. The molecular formula is C18H19N3O2S. The van der Waals surface area contributed by atoms with Gasteiger partial charge in [0.15, 0.2) is 0 Å². The summed E-state index contributed by atoms with van der Waals surface area (Å²) in [4.78, 5) is 31.5. The van der Waals surface area contributed by atoms with E-state index in [2.05, 4.69) is 10.3 Å². The van der Waals surface area contributed by atoms with Crippen molar-refractivity contribution in [3.63, 3.8) is 0 Å². The lowest BCUT2D eigenvalue weighted by atomic mass is 10.2. The number of carbonyl (C=O) groups excluding carboxylic acids is 1. The zero-order valence-electron chi connectivity index (χ0n) is 14.1. The summed E-state index contributed by atoms with van der Waals surface area (Å²) in [5.41, 5.74) is 2.49. The highest BCUT2D eigenvalue weighted by molar-refractivity contribution is 7.18. The average molecular weight is 341 g/mol. The standard InChI is InChI=1S/C18H19N3O2S/c1-10-7-5-6-8-14(10)20-16(22)12(3)21-9-19-17-15(18(21)23)11(2)13(4)24-17/h5-9,12H,1-4H3,(H,20,22). The van der Waals surface area contributed by atoms with E-state index in [-0.39, 0.29) is 11.5 Å². The molecule has 3 rings (SSSR count). The molecule has 0 aliphatic carbocycles. The first-order valence-corrected chi connectivity index (χ1v) is 8.55. The van der Waals surface area contributed by atoms with Crippen molar-refractivity contribution in [2.24, 2.45) is 0 Å². The summed E-state index contributed by atoms with van der Waals surface area (Å²) < 4.78 is 1.40. The van der Waals surface area contributed by atoms with Crippen LogP contribution in [0.1, 0.15) is 29.0 Å². The van der Waals surface area contributed by atoms with Gasteiger partial charge in [0.2, 0.25) is 5.91 Å². The highest BCUT2D eigenvalue weighted by Crippen LogP contribution is 2.26. The SMILES string of the molecule is Cc1ccccc1NC(=O)C(C)n1cnc2sc(C)c(C)c2c1=O. The maximum atomic E-state index is 12.8. The zero-order chi connectivity index (χ0) is 17.4. The molecule has 1 atom stereocenters. The molecule has 5 nitrogen and oxygen atoms in total. The largest absolute Gasteiger partial charge is 0.324 e. The molecule has 124 valence electrons. The van der Waals surface area contributed by atoms with Gasteiger partial charge >= 0.3 is 0 Å². The molecule has 1 unspecified atom stereocenters. The number of amides is 1. The minimum atomic E-state index is -0.645. The first-order valence-electron chi connectivity index (χ1n) is 7.73. The van der Waals surface area contributed by atoms with Crippen molar-refractivity contribution in [2.75, 3.05) is 5.32 Å². The van der Waals surface area contributed by atoms with Gasteiger partial charge in [-0.15, -0.1) is 11.3 Å². The van der Waals surface area contributed by atoms with E-state index in [0.717, 1.165) is 26.5 Å². The number of nitrogens with one attached hydrogen (secondary N) is 1. The summed E-state index contributed by atoms with van der Waals surface area (Å²) >= 11 is 1.50. The number of rotatable bonds is 3. The summed E-state index contributed by atoms with van der Waals surface area (Å²) in [6.45, 7) is 7.52. The van der Waals surface area contributed by atoms with Crippen molar-refractivity contribution in [3.8, 4) is 0 Å². The lowest BCUT2D eigenvalue weighted by Crippen LogP contribution is -2.32. The number of fused-ring (bicyclic) bond motifs is 1. The first kappa shape index (κ1) is 16.4. The Bertz CT molecular complexity index is 988. The van der Waals surface area contributed by atoms with Crippen molar-refractivity contribution in [3.05, 3.63) is 57.0 Å². The summed E-state index contributed by atoms with van der Waals surface area (Å²) in [6, 6.07) is 6.91. The number of hydrogen-bond donors (Lipinski definition) is 1. The molecule has 1 aromatic carbocycles. The van der Waals surface area contributed by atoms with Gasteiger partial charge in [0, 0.05) is 10.6 Å². The van der Waals surface area contributed by atoms with E-state index in [1.807, 2.05) is 45.0 Å². The minimum absolute atomic E-state index is 0.172. The van der Waals surface area contributed by atoms with Gasteiger partial charge in [-0.05, 0) is 44.9 Å². The maximum Gasteiger partial charge on any atom is 0.263 e. The van der Waals surface area contributed by atoms with Gasteiger partial charge in [-0.1, -0.05) is 18.2 Å². The Balaban J connectivity index is 1.96. The molecule has 2 aromatic heterocycles. The van der Waals surface area contributed by atoms with Crippen LogP contribution in [0.3, 0.4) is 0 Å². The fraction of sp³-hybridized carbons (Fsp3) is 0.278. The van der Waals surface area contributed by atoms with Crippen molar-refractivity contribution in [1.29, 1.82) is 0 Å². The van der Waals surface area contributed by atoms with Crippen LogP contribution < -0.4 is 10.9 Å². The average Bonchev–Trinajstić information content (AvgIpc) is 2.84. The molecule has 2 heterocycles. The normalized spacial score (nSPS) is 12.3. The molecule has 1 amide bonds. The van der Waals surface area contributed by atoms with Crippen LogP contribution in [-0.4, -0.2) is 15.5 Å². The number of nitrogens with zero attached hydrogens (tertiary/aromatic N) is 2. The number of aryl methyl sites for hydroxylation is 3. The quantitative estimate of drug-likeness (QED) is 0.792. The zero-order valence-corrected chi connectivity index (χ0v) is 14.9. The molecular weight excluding hydrogens is 322 g/mol. The number of carbonyl (C=O) groups is 1. The summed E-state index contributed by atoms with van der Waals surface area (Å²) in [6.07, 6.45) is 1.46. The second-order valence-corrected chi connectivity index (χ2v) is 7.10. The van der Waals surface area contributed by atoms with Crippen LogP contribution in [0.15, 0.2) is 35.4 Å². The Hall–Kier alpha value is -2.47. The molecule has 0 spiro atoms. The van der Waals surface area contributed by atoms with Crippen LogP contribution in [0.4, 0.5) is 5.69 Å². The number of benzene rings is 1. The number of hydrogen-bond acceptors (Lipinski definition) is 4. The van der Waals surface area contributed by atoms with Crippen molar-refractivity contribution in [2.45, 2.75) is 33.7 Å². The topological polar surface area (TPSA) is 64.0 Å². The fourth-order valence-electron chi connectivity index (χ4n) is 2.60. The second-order valence-electron chi connectivity index (χ2n) is 5.90. The lowest BCUT2D eigenvalue weighted by molar-refractivity contribution is -0.118. The van der Waals surface area contributed by atoms with Gasteiger partial charge in [-0.3, -0.25) is 14.2 Å². The van der Waals surface area contributed by atoms with Crippen molar-refractivity contribution < 1.29 is 4.79 Å². The maximum absolute atomic E-state index is 12.8. The van der Waals surface area contributed by atoms with Crippen molar-refractivity contribution >= 4 is 33.1 Å². The van der Waals surface area contributed by atoms with Crippen LogP contribution in [0.2, 0.25) is 0 Å². The van der Waals surface area contributed by atoms with Gasteiger partial charge < -0.3 is 5.32 Å². The molecule has 0 saturated heterocycles. The van der Waals surface area contributed by atoms with Gasteiger partial charge in [0.05, 0.1) is 11.7 Å². The number of para-hydroxylation sites is 1. The molecule has 0 aliphatic heterocycles. The molecule has 0 radical (unpaired) electrons. The Morgan fingerprint density at radius 2 is 1.96 bits per heavy atom. The fourth-order valence-corrected chi connectivity index (χ4v) is 3.59. The van der Waals surface area contributed by atoms with Gasteiger partial charge in [-0.25, -0.2) is 4.98 Å². The number of anilines is 1. The highest BCUT2D eigenvalue weighted by Gasteiger charge is 2.20. The molecule has 3 aromatic rings. The molecule has 0 bridgehead atoms. The predicted molar refractivity (Wildman–Crippen MR) is 97.9 cm³/mol. The Morgan fingerprint density at radius 1 is 1.25 bits per heavy atom. The number of thiophene rings is 1. The Morgan fingerprint density at radius 3 is 2.67 bits per heavy atom. The first-order chi connectivity index (χ1) is 11.4. The van der Waals surface area contributed by atoms with E-state index in [9.17, 15) is 9.59 Å². The van der Waals surface area contributed by atoms with E-state index >= 15 is 0 Å². The minimum Gasteiger partial charge on any atom is -0.324 e. The van der Waals surface area contributed by atoms with E-state index in [4.69, 9.17) is 0 Å². The smallest absolute Gasteiger partial charge is 0.263 e.